The highest BCUT2D eigenvalue weighted by atomic mass is 19.4. The zero-order valence-corrected chi connectivity index (χ0v) is 17.6. The van der Waals surface area contributed by atoms with Crippen molar-refractivity contribution in [3.8, 4) is 22.8 Å². The van der Waals surface area contributed by atoms with Gasteiger partial charge in [-0.3, -0.25) is 4.79 Å². The number of fused-ring (bicyclic) bond motifs is 4. The maximum Gasteiger partial charge on any atom is 0.511 e. The van der Waals surface area contributed by atoms with Crippen LogP contribution in [0.2, 0.25) is 0 Å². The number of H-pyrrole nitrogens is 1. The van der Waals surface area contributed by atoms with Crippen molar-refractivity contribution < 1.29 is 37.3 Å². The predicted octanol–water partition coefficient (Wildman–Crippen LogP) is 2.45. The van der Waals surface area contributed by atoms with Crippen LogP contribution in [0.5, 0.6) is 11.5 Å². The number of nitrogens with two attached hydrogens (primary N) is 1. The second kappa shape index (κ2) is 7.76. The van der Waals surface area contributed by atoms with Crippen molar-refractivity contribution in [2.45, 2.75) is 31.5 Å². The Morgan fingerprint density at radius 3 is 2.47 bits per heavy atom. The molecule has 3 atom stereocenters. The fourth-order valence-corrected chi connectivity index (χ4v) is 4.97. The van der Waals surface area contributed by atoms with Crippen LogP contribution in [-0.2, 0) is 17.6 Å². The number of pyridine rings is 1. The summed E-state index contributed by atoms with van der Waals surface area (Å²) in [6, 6.07) is 5.82. The van der Waals surface area contributed by atoms with E-state index in [9.17, 15) is 27.6 Å². The van der Waals surface area contributed by atoms with E-state index < -0.39 is 35.4 Å². The van der Waals surface area contributed by atoms with Gasteiger partial charge in [-0.25, -0.2) is 9.59 Å². The van der Waals surface area contributed by atoms with Crippen molar-refractivity contribution in [3.63, 3.8) is 0 Å². The summed E-state index contributed by atoms with van der Waals surface area (Å²) < 4.78 is 47.6. The lowest BCUT2D eigenvalue weighted by Gasteiger charge is -2.23. The molecule has 9 nitrogen and oxygen atoms in total. The van der Waals surface area contributed by atoms with Crippen molar-refractivity contribution in [2.24, 2.45) is 17.6 Å². The highest BCUT2D eigenvalue weighted by molar-refractivity contribution is 5.82. The molecule has 0 bridgehead atoms. The number of nitrogens with zero attached hydrogens (tertiary/aromatic N) is 1. The Labute approximate surface area is 190 Å². The Balaban J connectivity index is 1.58. The van der Waals surface area contributed by atoms with E-state index in [0.717, 1.165) is 24.3 Å². The smallest absolute Gasteiger partial charge is 0.449 e. The van der Waals surface area contributed by atoms with Crippen LogP contribution in [0.25, 0.3) is 11.3 Å². The summed E-state index contributed by atoms with van der Waals surface area (Å²) in [6.07, 6.45) is -6.17. The minimum Gasteiger partial charge on any atom is -0.449 e. The molecule has 4 N–H and O–H groups in total. The predicted molar refractivity (Wildman–Crippen MR) is 112 cm³/mol. The minimum absolute atomic E-state index is 0.0633. The molecule has 2 fully saturated rings. The number of anilines is 1. The third kappa shape index (κ3) is 3.77. The molecule has 2 heterocycles. The molecule has 2 aromatic rings. The molecule has 12 heteroatoms. The van der Waals surface area contributed by atoms with Gasteiger partial charge in [0, 0.05) is 35.9 Å². The maximum atomic E-state index is 12.9. The van der Waals surface area contributed by atoms with Crippen LogP contribution in [-0.4, -0.2) is 47.5 Å². The van der Waals surface area contributed by atoms with Gasteiger partial charge in [0.1, 0.15) is 0 Å². The topological polar surface area (TPSA) is 135 Å². The highest BCUT2D eigenvalue weighted by Crippen LogP contribution is 2.46. The number of aromatic nitrogens is 1. The molecule has 180 valence electrons. The van der Waals surface area contributed by atoms with E-state index in [1.165, 1.54) is 0 Å². The molecule has 5 rings (SSSR count). The lowest BCUT2D eigenvalue weighted by molar-refractivity contribution is -0.189. The van der Waals surface area contributed by atoms with Crippen LogP contribution in [0.15, 0.2) is 23.0 Å². The Bertz CT molecular complexity index is 1250. The molecular formula is C22H20F3N3O6. The zero-order chi connectivity index (χ0) is 24.4. The maximum absolute atomic E-state index is 12.9. The minimum atomic E-state index is -5.35. The van der Waals surface area contributed by atoms with Crippen molar-refractivity contribution in [1.82, 2.24) is 4.98 Å². The van der Waals surface area contributed by atoms with E-state index >= 15 is 0 Å². The summed E-state index contributed by atoms with van der Waals surface area (Å²) in [4.78, 5) is 40.0. The van der Waals surface area contributed by atoms with E-state index in [1.54, 1.807) is 6.07 Å². The fraction of sp³-hybridized carbons (Fsp3) is 0.409. The summed E-state index contributed by atoms with van der Waals surface area (Å²) in [5, 5.41) is 8.95. The van der Waals surface area contributed by atoms with Gasteiger partial charge in [-0.05, 0) is 48.8 Å². The first kappa shape index (κ1) is 22.3. The van der Waals surface area contributed by atoms with E-state index in [0.29, 0.717) is 30.2 Å². The van der Waals surface area contributed by atoms with Crippen LogP contribution < -0.4 is 25.7 Å². The molecule has 34 heavy (non-hydrogen) atoms. The van der Waals surface area contributed by atoms with Gasteiger partial charge >= 0.3 is 18.3 Å². The molecule has 1 aromatic heterocycles. The second-order valence-corrected chi connectivity index (χ2v) is 8.73. The van der Waals surface area contributed by atoms with Crippen molar-refractivity contribution >= 4 is 17.8 Å². The molecule has 1 aromatic carbocycles. The number of halogens is 3. The van der Waals surface area contributed by atoms with Crippen LogP contribution in [0.1, 0.15) is 17.5 Å². The molecule has 0 radical (unpaired) electrons. The van der Waals surface area contributed by atoms with Crippen LogP contribution in [0, 0.1) is 11.8 Å². The number of carbonyl (C=O) groups is 2. The lowest BCUT2D eigenvalue weighted by Crippen LogP contribution is -2.30. The number of benzene rings is 1. The van der Waals surface area contributed by atoms with Gasteiger partial charge in [-0.2, -0.15) is 13.2 Å². The standard InChI is InChI=1S/C22H20F3N3O6/c23-22(24,25)20(30)33-17-12-3-1-2-9-6-10(28-7-13-14(8-28)15(13)26)4-5-11(9)16(12)27-19(29)18(17)34-21(31)32/h4-6,13-15H,1-3,7-8,26H2,(H,27,29)(H,31,32)/t13-,14+,15?. The quantitative estimate of drug-likeness (QED) is 0.572. The summed E-state index contributed by atoms with van der Waals surface area (Å²) in [7, 11) is 0. The molecule has 2 aliphatic carbocycles. The van der Waals surface area contributed by atoms with Gasteiger partial charge in [0.05, 0.1) is 5.69 Å². The highest BCUT2D eigenvalue weighted by Gasteiger charge is 2.53. The number of hydrogen-bond acceptors (Lipinski definition) is 7. The number of aryl methyl sites for hydroxylation is 1. The van der Waals surface area contributed by atoms with Crippen LogP contribution in [0.3, 0.4) is 0 Å². The Kier molecular flexibility index (Phi) is 5.08. The third-order valence-electron chi connectivity index (χ3n) is 6.70. The average Bonchev–Trinajstić information content (AvgIpc) is 3.19. The monoisotopic (exact) mass is 479 g/mol. The number of esters is 1. The number of piperidine rings is 1. The number of carbonyl (C=O) groups excluding carboxylic acids is 1. The van der Waals surface area contributed by atoms with E-state index in [4.69, 9.17) is 10.8 Å². The lowest BCUT2D eigenvalue weighted by atomic mass is 10.00. The number of rotatable bonds is 3. The first-order valence-corrected chi connectivity index (χ1v) is 10.7. The first-order valence-electron chi connectivity index (χ1n) is 10.7. The number of alkyl halides is 3. The SMILES string of the molecule is NC1[C@H]2CN(c3ccc4c(c3)CCCc3c-4[nH]c(=O)c(OC(=O)O)c3OC(=O)C(F)(F)F)C[C@@H]12. The molecule has 1 saturated heterocycles. The van der Waals surface area contributed by atoms with Crippen LogP contribution in [0.4, 0.5) is 23.7 Å². The summed E-state index contributed by atoms with van der Waals surface area (Å²) in [5.74, 6) is -3.48. The molecule has 1 saturated carbocycles. The number of aromatic amines is 1. The molecule has 3 aliphatic rings. The first-order chi connectivity index (χ1) is 16.0. The van der Waals surface area contributed by atoms with Gasteiger partial charge in [0.15, 0.2) is 5.75 Å². The normalized spacial score (nSPS) is 22.8. The number of carboxylic acid groups (broad SMARTS) is 1. The Morgan fingerprint density at radius 1 is 1.12 bits per heavy atom. The van der Waals surface area contributed by atoms with Gasteiger partial charge in [0.2, 0.25) is 5.75 Å². The number of ether oxygens (including phenoxy) is 2. The van der Waals surface area contributed by atoms with Gasteiger partial charge < -0.3 is 30.2 Å². The number of nitrogens with one attached hydrogen (secondary N) is 1. The van der Waals surface area contributed by atoms with Crippen LogP contribution >= 0.6 is 0 Å². The molecular weight excluding hydrogens is 459 g/mol. The third-order valence-corrected chi connectivity index (χ3v) is 6.70. The summed E-state index contributed by atoms with van der Waals surface area (Å²) in [5.41, 5.74) is 7.51. The van der Waals surface area contributed by atoms with Crippen molar-refractivity contribution in [3.05, 3.63) is 39.7 Å². The average molecular weight is 479 g/mol. The summed E-state index contributed by atoms with van der Waals surface area (Å²) in [6.45, 7) is 1.71. The van der Waals surface area contributed by atoms with Gasteiger partial charge in [-0.15, -0.1) is 0 Å². The Morgan fingerprint density at radius 2 is 1.82 bits per heavy atom. The van der Waals surface area contributed by atoms with Gasteiger partial charge in [0.25, 0.3) is 5.56 Å². The van der Waals surface area contributed by atoms with Crippen molar-refractivity contribution in [1.29, 1.82) is 0 Å². The zero-order valence-electron chi connectivity index (χ0n) is 17.6. The summed E-state index contributed by atoms with van der Waals surface area (Å²) >= 11 is 0. The van der Waals surface area contributed by atoms with Gasteiger partial charge in [-0.1, -0.05) is 6.07 Å². The fourth-order valence-electron chi connectivity index (χ4n) is 4.97. The largest absolute Gasteiger partial charge is 0.511 e. The van der Waals surface area contributed by atoms with Crippen molar-refractivity contribution in [2.75, 3.05) is 18.0 Å². The second-order valence-electron chi connectivity index (χ2n) is 8.73. The molecule has 0 spiro atoms. The Hall–Kier alpha value is -3.54. The molecule has 1 unspecified atom stereocenters. The number of hydrogen-bond donors (Lipinski definition) is 3. The van der Waals surface area contributed by atoms with E-state index in [2.05, 4.69) is 19.4 Å². The molecule has 1 aliphatic heterocycles. The molecule has 0 amide bonds. The van der Waals surface area contributed by atoms with E-state index in [-0.39, 0.29) is 23.7 Å². The van der Waals surface area contributed by atoms with E-state index in [1.807, 2.05) is 12.1 Å².